The summed E-state index contributed by atoms with van der Waals surface area (Å²) in [6.45, 7) is -0.177. The van der Waals surface area contributed by atoms with Gasteiger partial charge in [0.15, 0.2) is 0 Å². The molecule has 0 saturated carbocycles. The largest absolute Gasteiger partial charge is 0.465 e. The summed E-state index contributed by atoms with van der Waals surface area (Å²) in [5.74, 6) is -3.13. The van der Waals surface area contributed by atoms with Gasteiger partial charge in [-0.05, 0) is 42.2 Å². The van der Waals surface area contributed by atoms with Gasteiger partial charge >= 0.3 is 6.09 Å². The number of halogens is 3. The van der Waals surface area contributed by atoms with E-state index in [0.29, 0.717) is 11.8 Å². The van der Waals surface area contributed by atoms with Gasteiger partial charge in [0, 0.05) is 24.1 Å². The van der Waals surface area contributed by atoms with E-state index in [-0.39, 0.29) is 49.2 Å². The lowest BCUT2D eigenvalue weighted by atomic mass is 9.88. The third kappa shape index (κ3) is 6.77. The minimum atomic E-state index is -1.26. The Kier molecular flexibility index (Phi) is 8.87. The molecule has 2 unspecified atom stereocenters. The number of aromatic nitrogens is 2. The Morgan fingerprint density at radius 3 is 2.54 bits per heavy atom. The molecule has 1 aromatic carbocycles. The van der Waals surface area contributed by atoms with E-state index in [1.165, 1.54) is 42.7 Å². The number of anilines is 1. The average molecular weight is 543 g/mol. The van der Waals surface area contributed by atoms with E-state index >= 15 is 0 Å². The van der Waals surface area contributed by atoms with Crippen LogP contribution < -0.4 is 5.32 Å². The third-order valence-electron chi connectivity index (χ3n) is 6.54. The Morgan fingerprint density at radius 2 is 1.85 bits per heavy atom. The maximum atomic E-state index is 14.8. The van der Waals surface area contributed by atoms with Crippen molar-refractivity contribution < 1.29 is 37.4 Å². The predicted molar refractivity (Wildman–Crippen MR) is 133 cm³/mol. The number of hydrogen-bond donors (Lipinski definition) is 2. The maximum Gasteiger partial charge on any atom is 0.408 e. The molecule has 0 radical (unpaired) electrons. The molecule has 39 heavy (non-hydrogen) atoms. The van der Waals surface area contributed by atoms with Crippen LogP contribution in [0.1, 0.15) is 35.4 Å². The number of rotatable bonds is 9. The number of nitrogens with zero attached hydrogens (tertiary/aromatic N) is 3. The molecular formula is C27H25F3N4O5. The summed E-state index contributed by atoms with van der Waals surface area (Å²) < 4.78 is 48.5. The molecule has 12 heteroatoms. The molecule has 1 aliphatic heterocycles. The highest BCUT2D eigenvalue weighted by atomic mass is 19.1. The Morgan fingerprint density at radius 1 is 1.10 bits per heavy atom. The number of pyridine rings is 2. The lowest BCUT2D eigenvalue weighted by Gasteiger charge is -2.35. The van der Waals surface area contributed by atoms with Crippen molar-refractivity contribution in [2.24, 2.45) is 0 Å². The minimum absolute atomic E-state index is 0.0655. The second-order valence-electron chi connectivity index (χ2n) is 9.03. The monoisotopic (exact) mass is 542 g/mol. The number of morpholine rings is 1. The van der Waals surface area contributed by atoms with E-state index < -0.39 is 47.5 Å². The fourth-order valence-corrected chi connectivity index (χ4v) is 4.53. The van der Waals surface area contributed by atoms with Crippen molar-refractivity contribution in [2.75, 3.05) is 18.5 Å². The van der Waals surface area contributed by atoms with Crippen molar-refractivity contribution in [1.82, 2.24) is 14.9 Å². The van der Waals surface area contributed by atoms with Crippen LogP contribution in [0.3, 0.4) is 0 Å². The zero-order chi connectivity index (χ0) is 27.9. The van der Waals surface area contributed by atoms with Gasteiger partial charge in [-0.25, -0.2) is 18.0 Å². The van der Waals surface area contributed by atoms with Crippen LogP contribution in [0.2, 0.25) is 0 Å². The molecule has 0 bridgehead atoms. The lowest BCUT2D eigenvalue weighted by Crippen LogP contribution is -2.52. The smallest absolute Gasteiger partial charge is 0.408 e. The van der Waals surface area contributed by atoms with Crippen molar-refractivity contribution in [3.63, 3.8) is 0 Å². The van der Waals surface area contributed by atoms with Crippen LogP contribution in [0.25, 0.3) is 0 Å². The third-order valence-corrected chi connectivity index (χ3v) is 6.54. The van der Waals surface area contributed by atoms with E-state index in [1.807, 2.05) is 0 Å². The highest BCUT2D eigenvalue weighted by Crippen LogP contribution is 2.31. The summed E-state index contributed by atoms with van der Waals surface area (Å²) in [5, 5.41) is 12.0. The van der Waals surface area contributed by atoms with Crippen molar-refractivity contribution in [3.05, 3.63) is 89.3 Å². The second kappa shape index (κ2) is 12.5. The molecular weight excluding hydrogens is 517 g/mol. The molecule has 1 fully saturated rings. The Hall–Kier alpha value is -4.32. The number of ether oxygens (including phenoxy) is 1. The molecule has 3 aromatic rings. The van der Waals surface area contributed by atoms with Crippen LogP contribution in [0, 0.1) is 17.5 Å². The first-order valence-corrected chi connectivity index (χ1v) is 12.1. The molecule has 1 saturated heterocycles. The zero-order valence-electron chi connectivity index (χ0n) is 20.6. The standard InChI is InChI=1S/C27H25F3N4O5/c28-17-3-1-16(2-4-17)22(20-7-8-31-10-23(20)29)9-26(36)33-25-12-32-11-24(30)21(25)6-5-19-13-34(27(37)38)18(14-35)15-39-19/h1-4,7-8,10-12,14,18-19,22H,5-6,9,13,15H2,(H,33,36)(H,37,38)/t18?,19?,22-/m0/s1. The number of carbonyl (C=O) groups is 3. The minimum Gasteiger partial charge on any atom is -0.465 e. The van der Waals surface area contributed by atoms with Gasteiger partial charge in [-0.2, -0.15) is 0 Å². The fourth-order valence-electron chi connectivity index (χ4n) is 4.53. The van der Waals surface area contributed by atoms with Crippen molar-refractivity contribution in [1.29, 1.82) is 0 Å². The number of amides is 2. The molecule has 0 spiro atoms. The second-order valence-corrected chi connectivity index (χ2v) is 9.03. The summed E-state index contributed by atoms with van der Waals surface area (Å²) in [6.07, 6.45) is 3.37. The number of nitrogens with one attached hydrogen (secondary N) is 1. The van der Waals surface area contributed by atoms with Crippen LogP contribution in [-0.4, -0.2) is 63.6 Å². The number of benzene rings is 1. The molecule has 9 nitrogen and oxygen atoms in total. The number of carbonyl (C=O) groups excluding carboxylic acids is 2. The molecule has 0 aliphatic carbocycles. The first-order valence-electron chi connectivity index (χ1n) is 12.1. The Labute approximate surface area is 221 Å². The van der Waals surface area contributed by atoms with Gasteiger partial charge in [-0.3, -0.25) is 19.7 Å². The Balaban J connectivity index is 1.49. The van der Waals surface area contributed by atoms with Crippen molar-refractivity contribution in [2.45, 2.75) is 37.3 Å². The van der Waals surface area contributed by atoms with Crippen LogP contribution in [0.15, 0.2) is 55.1 Å². The molecule has 2 aromatic heterocycles. The van der Waals surface area contributed by atoms with Gasteiger partial charge in [0.05, 0.1) is 43.5 Å². The van der Waals surface area contributed by atoms with Crippen molar-refractivity contribution >= 4 is 24.0 Å². The van der Waals surface area contributed by atoms with Gasteiger partial charge in [0.1, 0.15) is 29.8 Å². The summed E-state index contributed by atoms with van der Waals surface area (Å²) in [4.78, 5) is 44.2. The predicted octanol–water partition coefficient (Wildman–Crippen LogP) is 3.93. The van der Waals surface area contributed by atoms with Crippen molar-refractivity contribution in [3.8, 4) is 0 Å². The quantitative estimate of drug-likeness (QED) is 0.393. The highest BCUT2D eigenvalue weighted by molar-refractivity contribution is 5.92. The van der Waals surface area contributed by atoms with Crippen LogP contribution >= 0.6 is 0 Å². The normalized spacial score (nSPS) is 17.9. The van der Waals surface area contributed by atoms with Gasteiger partial charge in [0.2, 0.25) is 5.91 Å². The van der Waals surface area contributed by atoms with Crippen LogP contribution in [0.5, 0.6) is 0 Å². The van der Waals surface area contributed by atoms with Crippen LogP contribution in [-0.2, 0) is 20.7 Å². The fraction of sp³-hybridized carbons (Fsp3) is 0.296. The molecule has 4 rings (SSSR count). The molecule has 204 valence electrons. The molecule has 3 atom stereocenters. The molecule has 2 amide bonds. The lowest BCUT2D eigenvalue weighted by molar-refractivity contribution is -0.121. The van der Waals surface area contributed by atoms with Crippen LogP contribution in [0.4, 0.5) is 23.7 Å². The van der Waals surface area contributed by atoms with Gasteiger partial charge in [-0.1, -0.05) is 12.1 Å². The summed E-state index contributed by atoms with van der Waals surface area (Å²) in [7, 11) is 0. The molecule has 2 N–H and O–H groups in total. The van der Waals surface area contributed by atoms with E-state index in [4.69, 9.17) is 4.74 Å². The SMILES string of the molecule is O=CC1COC(CCc2c(F)cncc2NC(=O)C[C@@H](c2ccc(F)cc2)c2ccncc2F)CN1C(=O)O. The van der Waals surface area contributed by atoms with E-state index in [0.717, 1.165) is 17.3 Å². The van der Waals surface area contributed by atoms with E-state index in [9.17, 15) is 32.7 Å². The highest BCUT2D eigenvalue weighted by Gasteiger charge is 2.32. The topological polar surface area (TPSA) is 122 Å². The summed E-state index contributed by atoms with van der Waals surface area (Å²) in [5.41, 5.74) is 0.926. The van der Waals surface area contributed by atoms with E-state index in [1.54, 1.807) is 0 Å². The van der Waals surface area contributed by atoms with E-state index in [2.05, 4.69) is 15.3 Å². The number of carboxylic acid groups (broad SMARTS) is 1. The average Bonchev–Trinajstić information content (AvgIpc) is 2.92. The molecule has 1 aliphatic rings. The summed E-state index contributed by atoms with van der Waals surface area (Å²) >= 11 is 0. The van der Waals surface area contributed by atoms with Gasteiger partial charge < -0.3 is 20.0 Å². The number of aldehydes is 1. The van der Waals surface area contributed by atoms with Gasteiger partial charge in [0.25, 0.3) is 0 Å². The van der Waals surface area contributed by atoms with Gasteiger partial charge in [-0.15, -0.1) is 0 Å². The first kappa shape index (κ1) is 27.7. The molecule has 3 heterocycles. The zero-order valence-corrected chi connectivity index (χ0v) is 20.6. The summed E-state index contributed by atoms with van der Waals surface area (Å²) in [6, 6.07) is 5.87. The Bertz CT molecular complexity index is 1340. The first-order chi connectivity index (χ1) is 18.8. The maximum absolute atomic E-state index is 14.8. The number of hydrogen-bond acceptors (Lipinski definition) is 6.